The van der Waals surface area contributed by atoms with E-state index in [4.69, 9.17) is 0 Å². The third-order valence-corrected chi connectivity index (χ3v) is 3.45. The van der Waals surface area contributed by atoms with Crippen LogP contribution < -0.4 is 5.32 Å². The molecule has 1 heterocycles. The molecule has 0 saturated heterocycles. The Balaban J connectivity index is 2.35. The van der Waals surface area contributed by atoms with Crippen LogP contribution in [0.25, 0.3) is 0 Å². The molecule has 76 valence electrons. The number of rotatable bonds is 1. The molecule has 1 heteroatoms. The lowest BCUT2D eigenvalue weighted by Crippen LogP contribution is -2.43. The number of anilines is 1. The highest BCUT2D eigenvalue weighted by atomic mass is 15.0. The van der Waals surface area contributed by atoms with E-state index in [1.807, 2.05) is 0 Å². The fourth-order valence-corrected chi connectivity index (χ4v) is 2.44. The third-order valence-electron chi connectivity index (χ3n) is 3.45. The summed E-state index contributed by atoms with van der Waals surface area (Å²) < 4.78 is 0. The van der Waals surface area contributed by atoms with Crippen LogP contribution in [0.15, 0.2) is 24.3 Å². The summed E-state index contributed by atoms with van der Waals surface area (Å²) in [5.74, 6) is 0.748. The zero-order valence-corrected chi connectivity index (χ0v) is 9.30. The van der Waals surface area contributed by atoms with Crippen LogP contribution in [0.5, 0.6) is 0 Å². The van der Waals surface area contributed by atoms with Crippen molar-refractivity contribution in [3.8, 4) is 0 Å². The molecule has 0 saturated carbocycles. The van der Waals surface area contributed by atoms with E-state index in [9.17, 15) is 0 Å². The first-order valence-corrected chi connectivity index (χ1v) is 5.49. The van der Waals surface area contributed by atoms with E-state index in [1.165, 1.54) is 24.1 Å². The summed E-state index contributed by atoms with van der Waals surface area (Å²) in [6, 6.07) is 8.66. The zero-order chi connectivity index (χ0) is 10.2. The molecule has 1 aliphatic heterocycles. The molecule has 0 radical (unpaired) electrons. The average Bonchev–Trinajstić information content (AvgIpc) is 2.15. The number of benzene rings is 1. The van der Waals surface area contributed by atoms with Crippen molar-refractivity contribution in [1.29, 1.82) is 0 Å². The molecule has 14 heavy (non-hydrogen) atoms. The minimum absolute atomic E-state index is 0.239. The van der Waals surface area contributed by atoms with Gasteiger partial charge < -0.3 is 5.32 Å². The van der Waals surface area contributed by atoms with Crippen molar-refractivity contribution in [3.63, 3.8) is 0 Å². The van der Waals surface area contributed by atoms with E-state index in [1.54, 1.807) is 0 Å². The van der Waals surface area contributed by atoms with Crippen LogP contribution in [-0.2, 0) is 6.42 Å². The van der Waals surface area contributed by atoms with Gasteiger partial charge in [0.2, 0.25) is 0 Å². The summed E-state index contributed by atoms with van der Waals surface area (Å²) in [5, 5.41) is 3.64. The van der Waals surface area contributed by atoms with E-state index in [-0.39, 0.29) is 5.54 Å². The number of nitrogens with one attached hydrogen (secondary N) is 1. The molecular weight excluding hydrogens is 170 g/mol. The Hall–Kier alpha value is -0.980. The lowest BCUT2D eigenvalue weighted by atomic mass is 9.77. The van der Waals surface area contributed by atoms with Crippen molar-refractivity contribution >= 4 is 5.69 Å². The van der Waals surface area contributed by atoms with Crippen LogP contribution in [-0.4, -0.2) is 5.54 Å². The Labute approximate surface area is 86.5 Å². The topological polar surface area (TPSA) is 12.0 Å². The quantitative estimate of drug-likeness (QED) is 0.713. The SMILES string of the molecule is CC[C@@H]1Cc2ccccc2NC1(C)C. The second-order valence-corrected chi connectivity index (χ2v) is 4.81. The normalized spacial score (nSPS) is 23.8. The molecule has 0 fully saturated rings. The molecule has 0 aliphatic carbocycles. The van der Waals surface area contributed by atoms with Crippen molar-refractivity contribution in [2.75, 3.05) is 5.32 Å². The Morgan fingerprint density at radius 2 is 2.07 bits per heavy atom. The van der Waals surface area contributed by atoms with Crippen LogP contribution in [0.1, 0.15) is 32.8 Å². The molecule has 1 aliphatic rings. The standard InChI is InChI=1S/C13H19N/c1-4-11-9-10-7-5-6-8-12(10)14-13(11,2)3/h5-8,11,14H,4,9H2,1-3H3/t11-/m1/s1. The van der Waals surface area contributed by atoms with Gasteiger partial charge in [-0.25, -0.2) is 0 Å². The van der Waals surface area contributed by atoms with Crippen molar-refractivity contribution in [3.05, 3.63) is 29.8 Å². The molecule has 0 bridgehead atoms. The molecule has 2 rings (SSSR count). The molecule has 1 N–H and O–H groups in total. The lowest BCUT2D eigenvalue weighted by molar-refractivity contribution is 0.324. The molecular formula is C13H19N. The second kappa shape index (κ2) is 3.30. The van der Waals surface area contributed by atoms with E-state index in [0.29, 0.717) is 0 Å². The summed E-state index contributed by atoms with van der Waals surface area (Å²) in [4.78, 5) is 0. The zero-order valence-electron chi connectivity index (χ0n) is 9.30. The van der Waals surface area contributed by atoms with Crippen molar-refractivity contribution in [1.82, 2.24) is 0 Å². The van der Waals surface area contributed by atoms with E-state index >= 15 is 0 Å². The summed E-state index contributed by atoms with van der Waals surface area (Å²) in [5.41, 5.74) is 3.03. The van der Waals surface area contributed by atoms with Gasteiger partial charge in [-0.15, -0.1) is 0 Å². The molecule has 0 amide bonds. The maximum Gasteiger partial charge on any atom is 0.0377 e. The Bertz CT molecular complexity index is 328. The maximum atomic E-state index is 3.64. The molecule has 0 spiro atoms. The first kappa shape index (κ1) is 9.57. The van der Waals surface area contributed by atoms with E-state index < -0.39 is 0 Å². The summed E-state index contributed by atoms with van der Waals surface area (Å²) in [6.45, 7) is 6.89. The van der Waals surface area contributed by atoms with Gasteiger partial charge in [-0.2, -0.15) is 0 Å². The van der Waals surface area contributed by atoms with Gasteiger partial charge in [0.05, 0.1) is 0 Å². The van der Waals surface area contributed by atoms with Crippen LogP contribution in [0.3, 0.4) is 0 Å². The summed E-state index contributed by atoms with van der Waals surface area (Å²) in [6.07, 6.45) is 2.46. The van der Waals surface area contributed by atoms with Crippen molar-refractivity contribution in [2.24, 2.45) is 5.92 Å². The smallest absolute Gasteiger partial charge is 0.0377 e. The van der Waals surface area contributed by atoms with Gasteiger partial charge in [-0.05, 0) is 37.8 Å². The Morgan fingerprint density at radius 1 is 1.36 bits per heavy atom. The van der Waals surface area contributed by atoms with E-state index in [0.717, 1.165) is 5.92 Å². The minimum atomic E-state index is 0.239. The predicted molar refractivity (Wildman–Crippen MR) is 61.6 cm³/mol. The van der Waals surface area contributed by atoms with Crippen LogP contribution in [0, 0.1) is 5.92 Å². The largest absolute Gasteiger partial charge is 0.380 e. The lowest BCUT2D eigenvalue weighted by Gasteiger charge is -2.41. The minimum Gasteiger partial charge on any atom is -0.380 e. The summed E-state index contributed by atoms with van der Waals surface area (Å²) >= 11 is 0. The van der Waals surface area contributed by atoms with Crippen molar-refractivity contribution < 1.29 is 0 Å². The van der Waals surface area contributed by atoms with Gasteiger partial charge in [0, 0.05) is 11.2 Å². The van der Waals surface area contributed by atoms with Gasteiger partial charge in [0.1, 0.15) is 0 Å². The number of fused-ring (bicyclic) bond motifs is 1. The highest BCUT2D eigenvalue weighted by molar-refractivity contribution is 5.55. The van der Waals surface area contributed by atoms with Gasteiger partial charge >= 0.3 is 0 Å². The van der Waals surface area contributed by atoms with Gasteiger partial charge in [0.15, 0.2) is 0 Å². The monoisotopic (exact) mass is 189 g/mol. The molecule has 1 aromatic rings. The highest BCUT2D eigenvalue weighted by Crippen LogP contribution is 2.35. The fourth-order valence-electron chi connectivity index (χ4n) is 2.44. The molecule has 1 aromatic carbocycles. The number of hydrogen-bond acceptors (Lipinski definition) is 1. The highest BCUT2D eigenvalue weighted by Gasteiger charge is 2.32. The first-order valence-electron chi connectivity index (χ1n) is 5.49. The van der Waals surface area contributed by atoms with Gasteiger partial charge in [-0.1, -0.05) is 31.5 Å². The molecule has 0 aromatic heterocycles. The summed E-state index contributed by atoms with van der Waals surface area (Å²) in [7, 11) is 0. The van der Waals surface area contributed by atoms with Crippen LogP contribution in [0.2, 0.25) is 0 Å². The van der Waals surface area contributed by atoms with E-state index in [2.05, 4.69) is 50.4 Å². The van der Waals surface area contributed by atoms with Crippen molar-refractivity contribution in [2.45, 2.75) is 39.2 Å². The van der Waals surface area contributed by atoms with Crippen LogP contribution in [0.4, 0.5) is 5.69 Å². The Kier molecular flexibility index (Phi) is 2.26. The third kappa shape index (κ3) is 1.52. The molecule has 0 unspecified atom stereocenters. The molecule has 1 atom stereocenters. The molecule has 1 nitrogen and oxygen atoms in total. The average molecular weight is 189 g/mol. The van der Waals surface area contributed by atoms with Gasteiger partial charge in [0.25, 0.3) is 0 Å². The number of hydrogen-bond donors (Lipinski definition) is 1. The van der Waals surface area contributed by atoms with Crippen LogP contribution >= 0.6 is 0 Å². The first-order chi connectivity index (χ1) is 6.63. The maximum absolute atomic E-state index is 3.64. The number of para-hydroxylation sites is 1. The Morgan fingerprint density at radius 3 is 2.79 bits per heavy atom. The predicted octanol–water partition coefficient (Wildman–Crippen LogP) is 3.46. The van der Waals surface area contributed by atoms with Gasteiger partial charge in [-0.3, -0.25) is 0 Å². The second-order valence-electron chi connectivity index (χ2n) is 4.81. The fraction of sp³-hybridized carbons (Fsp3) is 0.538.